The Morgan fingerprint density at radius 3 is 2.33 bits per heavy atom. The molecule has 10 nitrogen and oxygen atoms in total. The Balaban J connectivity index is 1.02. The van der Waals surface area contributed by atoms with Gasteiger partial charge in [-0.1, -0.05) is 47.9 Å². The summed E-state index contributed by atoms with van der Waals surface area (Å²) in [4.78, 5) is 18.6. The molecular weight excluding hydrogens is 715 g/mol. The summed E-state index contributed by atoms with van der Waals surface area (Å²) in [5.41, 5.74) is 13.7. The molecule has 290 valence electrons. The van der Waals surface area contributed by atoms with Crippen molar-refractivity contribution in [3.05, 3.63) is 131 Å². The van der Waals surface area contributed by atoms with E-state index in [-0.39, 0.29) is 24.2 Å². The highest BCUT2D eigenvalue weighted by atomic mass is 15.5. The van der Waals surface area contributed by atoms with Crippen LogP contribution in [-0.4, -0.2) is 88.7 Å². The lowest BCUT2D eigenvalue weighted by molar-refractivity contribution is 0.0738. The van der Waals surface area contributed by atoms with Crippen LogP contribution in [0.15, 0.2) is 108 Å². The molecule has 8 aliphatic heterocycles. The highest BCUT2D eigenvalue weighted by Gasteiger charge is 2.68. The molecule has 2 aromatic heterocycles. The Hall–Kier alpha value is -4.90. The summed E-state index contributed by atoms with van der Waals surface area (Å²) in [7, 11) is 0. The van der Waals surface area contributed by atoms with Gasteiger partial charge in [0.2, 0.25) is 0 Å². The van der Waals surface area contributed by atoms with Crippen molar-refractivity contribution in [2.24, 2.45) is 0 Å². The van der Waals surface area contributed by atoms with Gasteiger partial charge in [-0.2, -0.15) is 0 Å². The number of allylic oxidation sites excluding steroid dienone is 2. The lowest BCUT2D eigenvalue weighted by atomic mass is 9.22. The van der Waals surface area contributed by atoms with E-state index in [1.54, 1.807) is 11.0 Å². The first kappa shape index (κ1) is 33.0. The van der Waals surface area contributed by atoms with Crippen LogP contribution in [0.25, 0.3) is 11.5 Å². The van der Waals surface area contributed by atoms with E-state index in [0.29, 0.717) is 48.6 Å². The fourth-order valence-corrected chi connectivity index (χ4v) is 14.4. The maximum absolute atomic E-state index is 5.04. The molecule has 4 saturated heterocycles. The van der Waals surface area contributed by atoms with Crippen molar-refractivity contribution in [2.45, 2.75) is 98.1 Å². The van der Waals surface area contributed by atoms with Gasteiger partial charge in [-0.05, 0) is 99.3 Å². The quantitative estimate of drug-likeness (QED) is 0.154. The largest absolute Gasteiger partial charge is 0.351 e. The van der Waals surface area contributed by atoms with E-state index in [1.165, 1.54) is 59.1 Å². The van der Waals surface area contributed by atoms with Crippen LogP contribution in [0.1, 0.15) is 72.8 Å². The predicted molar refractivity (Wildman–Crippen MR) is 229 cm³/mol. The molecule has 4 N–H and O–H groups in total. The van der Waals surface area contributed by atoms with Gasteiger partial charge in [-0.3, -0.25) is 5.32 Å². The van der Waals surface area contributed by atoms with Crippen LogP contribution in [0.2, 0.25) is 11.6 Å². The Morgan fingerprint density at radius 2 is 1.48 bits per heavy atom. The monoisotopic (exact) mass is 764 g/mol. The number of hydrogen-bond acceptors (Lipinski definition) is 9. The Kier molecular flexibility index (Phi) is 7.01. The van der Waals surface area contributed by atoms with Crippen molar-refractivity contribution in [2.75, 3.05) is 36.0 Å². The van der Waals surface area contributed by atoms with Crippen molar-refractivity contribution in [3.63, 3.8) is 0 Å². The fraction of sp³-hybridized carbons (Fsp3) is 0.426. The summed E-state index contributed by atoms with van der Waals surface area (Å²) < 4.78 is 2.88. The van der Waals surface area contributed by atoms with Gasteiger partial charge in [0, 0.05) is 83.3 Å². The van der Waals surface area contributed by atoms with E-state index in [4.69, 9.17) is 9.97 Å². The second kappa shape index (κ2) is 12.3. The highest BCUT2D eigenvalue weighted by Crippen LogP contribution is 2.67. The number of piperidine rings is 2. The lowest BCUT2D eigenvalue weighted by Gasteiger charge is -2.63. The van der Waals surface area contributed by atoms with Crippen LogP contribution in [0.3, 0.4) is 0 Å². The third-order valence-corrected chi connectivity index (χ3v) is 16.1. The maximum Gasteiger partial charge on any atom is 0.191 e. The van der Waals surface area contributed by atoms with Crippen LogP contribution in [0.5, 0.6) is 0 Å². The molecule has 4 aromatic rings. The van der Waals surface area contributed by atoms with E-state index in [1.807, 2.05) is 18.5 Å². The number of piperazine rings is 1. The van der Waals surface area contributed by atoms with Crippen molar-refractivity contribution in [1.29, 1.82) is 0 Å². The molecular formula is C47H49BN10. The third-order valence-electron chi connectivity index (χ3n) is 16.1. The third kappa shape index (κ3) is 4.23. The molecule has 10 heterocycles. The summed E-state index contributed by atoms with van der Waals surface area (Å²) >= 11 is 0. The molecule has 10 aliphatic rings. The van der Waals surface area contributed by atoms with Crippen LogP contribution in [0, 0.1) is 0 Å². The minimum atomic E-state index is 0.134. The molecule has 0 bridgehead atoms. The van der Waals surface area contributed by atoms with E-state index in [9.17, 15) is 0 Å². The Bertz CT molecular complexity index is 2460. The molecule has 2 aromatic carbocycles. The van der Waals surface area contributed by atoms with Gasteiger partial charge in [0.05, 0.1) is 24.2 Å². The average Bonchev–Trinajstić information content (AvgIpc) is 3.96. The van der Waals surface area contributed by atoms with Crippen LogP contribution in [0.4, 0.5) is 17.2 Å². The molecule has 11 heteroatoms. The molecule has 0 amide bonds. The molecule has 58 heavy (non-hydrogen) atoms. The second-order valence-electron chi connectivity index (χ2n) is 18.4. The van der Waals surface area contributed by atoms with Gasteiger partial charge in [0.15, 0.2) is 6.71 Å². The molecule has 2 aliphatic carbocycles. The smallest absolute Gasteiger partial charge is 0.191 e. The number of fused-ring (bicyclic) bond motifs is 13. The second-order valence-corrected chi connectivity index (χ2v) is 18.4. The Labute approximate surface area is 340 Å². The molecule has 0 radical (unpaired) electrons. The standard InChI is InChI=1S/C47H49BN10/c1-3-11-28(12-4-1)55-33-17-9-19-49-39(33)37-40-43-32(18-22-50-40)48-31-16-8-7-15-30-36-41-45(54-24-23-51-41)56(29-13-5-2-6-14-29)46(36)57(42(30)31)34-25-27(44-52-20-10-21-53-44)26-35(38(34)48)58(43)47(37)55/h1-6,8,10-16,20-21,27,32-35,38-41,43,45,49-51,54H,9,17-19,22-26H2. The van der Waals surface area contributed by atoms with E-state index < -0.39 is 0 Å². The topological polar surface area (TPSA) is 88.5 Å². The van der Waals surface area contributed by atoms with Crippen molar-refractivity contribution in [3.8, 4) is 0 Å². The first-order valence-corrected chi connectivity index (χ1v) is 22.2. The Morgan fingerprint density at radius 1 is 0.724 bits per heavy atom. The first-order valence-electron chi connectivity index (χ1n) is 22.2. The van der Waals surface area contributed by atoms with Crippen LogP contribution >= 0.6 is 0 Å². The minimum Gasteiger partial charge on any atom is -0.351 e. The van der Waals surface area contributed by atoms with Gasteiger partial charge >= 0.3 is 0 Å². The zero-order valence-electron chi connectivity index (χ0n) is 32.7. The molecule has 11 atom stereocenters. The van der Waals surface area contributed by atoms with E-state index in [2.05, 4.69) is 125 Å². The normalized spacial score (nSPS) is 35.7. The fourth-order valence-electron chi connectivity index (χ4n) is 14.4. The van der Waals surface area contributed by atoms with Gasteiger partial charge in [-0.15, -0.1) is 5.73 Å². The zero-order valence-corrected chi connectivity index (χ0v) is 32.7. The predicted octanol–water partition coefficient (Wildman–Crippen LogP) is 5.74. The van der Waals surface area contributed by atoms with Crippen molar-refractivity contribution < 1.29 is 0 Å². The number of anilines is 3. The molecule has 5 fully saturated rings. The number of para-hydroxylation sites is 2. The van der Waals surface area contributed by atoms with Gasteiger partial charge < -0.3 is 35.2 Å². The summed E-state index contributed by atoms with van der Waals surface area (Å²) in [5.74, 6) is 5.07. The SMILES string of the molecule is C1=CC=C2B3C4CCNC5C6=C(N(c7ccccc7)C7CCCNC67)N(C6CC(c7ncccn7)CC(C36)n3c2c(c2c3N(c3ccccc3)C3NCCNC23)C=1)C45. The van der Waals surface area contributed by atoms with E-state index >= 15 is 0 Å². The maximum atomic E-state index is 5.04. The number of rotatable bonds is 3. The van der Waals surface area contributed by atoms with Gasteiger partial charge in [-0.25, -0.2) is 9.97 Å². The summed E-state index contributed by atoms with van der Waals surface area (Å²) in [6.07, 6.45) is 16.8. The lowest BCUT2D eigenvalue weighted by Crippen LogP contribution is -2.69. The molecule has 11 unspecified atom stereocenters. The first-order chi connectivity index (χ1) is 28.8. The highest BCUT2D eigenvalue weighted by molar-refractivity contribution is 6.82. The van der Waals surface area contributed by atoms with Crippen LogP contribution in [-0.2, 0) is 0 Å². The van der Waals surface area contributed by atoms with Crippen molar-refractivity contribution in [1.82, 2.24) is 40.7 Å². The summed E-state index contributed by atoms with van der Waals surface area (Å²) in [6.45, 7) is 4.49. The van der Waals surface area contributed by atoms with Gasteiger partial charge in [0.1, 0.15) is 23.6 Å². The number of aromatic nitrogens is 3. The molecule has 0 spiro atoms. The summed E-state index contributed by atoms with van der Waals surface area (Å²) in [6, 6.07) is 26.8. The average molecular weight is 765 g/mol. The van der Waals surface area contributed by atoms with E-state index in [0.717, 1.165) is 44.8 Å². The molecule has 14 rings (SSSR count). The number of benzene rings is 2. The van der Waals surface area contributed by atoms with Crippen molar-refractivity contribution >= 4 is 35.5 Å². The number of hydrogen-bond donors (Lipinski definition) is 4. The van der Waals surface area contributed by atoms with Gasteiger partial charge in [0.25, 0.3) is 0 Å². The van der Waals surface area contributed by atoms with Crippen LogP contribution < -0.4 is 31.1 Å². The number of nitrogens with zero attached hydrogens (tertiary/aromatic N) is 6. The number of nitrogens with one attached hydrogen (secondary N) is 4. The zero-order chi connectivity index (χ0) is 37.6. The minimum absolute atomic E-state index is 0.134. The summed E-state index contributed by atoms with van der Waals surface area (Å²) in [5, 5.41) is 16.3. The molecule has 1 saturated carbocycles.